The molecule has 2 aromatic rings. The van der Waals surface area contributed by atoms with Crippen LogP contribution in [-0.2, 0) is 4.79 Å². The van der Waals surface area contributed by atoms with Gasteiger partial charge in [0, 0.05) is 18.8 Å². The molecule has 27 heavy (non-hydrogen) atoms. The van der Waals surface area contributed by atoms with Gasteiger partial charge in [-0.1, -0.05) is 18.2 Å². The number of rotatable bonds is 4. The van der Waals surface area contributed by atoms with Gasteiger partial charge in [0.05, 0.1) is 5.69 Å². The molecule has 3 rings (SSSR count). The highest BCUT2D eigenvalue weighted by Crippen LogP contribution is 2.28. The Morgan fingerprint density at radius 3 is 2.56 bits per heavy atom. The van der Waals surface area contributed by atoms with Gasteiger partial charge < -0.3 is 10.2 Å². The third kappa shape index (κ3) is 4.17. The van der Waals surface area contributed by atoms with Gasteiger partial charge in [-0.3, -0.25) is 4.79 Å². The van der Waals surface area contributed by atoms with Crippen molar-refractivity contribution in [1.82, 2.24) is 0 Å². The fourth-order valence-corrected chi connectivity index (χ4v) is 3.24. The number of carbonyl (C=O) groups excluding carboxylic acids is 1. The minimum absolute atomic E-state index is 0.0605. The molecule has 0 unspecified atom stereocenters. The number of para-hydroxylation sites is 1. The minimum atomic E-state index is -0.504. The summed E-state index contributed by atoms with van der Waals surface area (Å²) in [5.74, 6) is -0.833. The highest BCUT2D eigenvalue weighted by Gasteiger charge is 2.18. The molecule has 0 aliphatic carbocycles. The minimum Gasteiger partial charge on any atom is -0.369 e. The highest BCUT2D eigenvalue weighted by molar-refractivity contribution is 6.10. The van der Waals surface area contributed by atoms with Crippen LogP contribution in [-0.4, -0.2) is 19.0 Å². The van der Waals surface area contributed by atoms with Gasteiger partial charge in [-0.15, -0.1) is 0 Å². The van der Waals surface area contributed by atoms with Gasteiger partial charge in [-0.25, -0.2) is 4.39 Å². The van der Waals surface area contributed by atoms with Gasteiger partial charge in [0.1, 0.15) is 17.5 Å². The Labute approximate surface area is 158 Å². The van der Waals surface area contributed by atoms with Crippen LogP contribution in [0.25, 0.3) is 6.08 Å². The van der Waals surface area contributed by atoms with Crippen LogP contribution < -0.4 is 10.2 Å². The quantitative estimate of drug-likeness (QED) is 0.638. The smallest absolute Gasteiger partial charge is 0.266 e. The molecule has 1 aliphatic heterocycles. The van der Waals surface area contributed by atoms with Crippen LogP contribution in [0.2, 0.25) is 0 Å². The number of halogens is 1. The molecule has 1 amide bonds. The van der Waals surface area contributed by atoms with Gasteiger partial charge in [0.25, 0.3) is 5.91 Å². The second-order valence-electron chi connectivity index (χ2n) is 6.79. The zero-order valence-electron chi connectivity index (χ0n) is 15.6. The first-order valence-electron chi connectivity index (χ1n) is 9.03. The first kappa shape index (κ1) is 18.7. The van der Waals surface area contributed by atoms with E-state index in [1.165, 1.54) is 12.1 Å². The van der Waals surface area contributed by atoms with Crippen LogP contribution in [0, 0.1) is 31.0 Å². The summed E-state index contributed by atoms with van der Waals surface area (Å²) >= 11 is 0. The molecule has 0 atom stereocenters. The van der Waals surface area contributed by atoms with Crippen LogP contribution in [0.15, 0.2) is 42.0 Å². The molecule has 1 heterocycles. The topological polar surface area (TPSA) is 56.1 Å². The molecule has 1 aliphatic rings. The Bertz CT molecular complexity index is 937. The maximum absolute atomic E-state index is 14.6. The number of nitrogens with zero attached hydrogens (tertiary/aromatic N) is 2. The molecule has 0 spiro atoms. The van der Waals surface area contributed by atoms with Gasteiger partial charge in [-0.05, 0) is 67.7 Å². The number of benzene rings is 2. The number of carbonyl (C=O) groups is 1. The standard InChI is InChI=1S/C22H22FN3O/c1-15-7-3-4-8-20(15)25-22(27)18(14-24)12-17-13-19(23)21(11-16(17)2)26-9-5-6-10-26/h3-4,7-8,11-13H,5-6,9-10H2,1-2H3,(H,25,27)/b18-12-. The Morgan fingerprint density at radius 2 is 1.89 bits per heavy atom. The summed E-state index contributed by atoms with van der Waals surface area (Å²) in [7, 11) is 0. The molecule has 5 heteroatoms. The summed E-state index contributed by atoms with van der Waals surface area (Å²) < 4.78 is 14.6. The highest BCUT2D eigenvalue weighted by atomic mass is 19.1. The van der Waals surface area contributed by atoms with Gasteiger partial charge in [0.15, 0.2) is 0 Å². The lowest BCUT2D eigenvalue weighted by Gasteiger charge is -2.19. The average molecular weight is 363 g/mol. The molecule has 0 bridgehead atoms. The summed E-state index contributed by atoms with van der Waals surface area (Å²) in [5, 5.41) is 12.2. The normalized spacial score (nSPS) is 14.1. The number of nitrogens with one attached hydrogen (secondary N) is 1. The summed E-state index contributed by atoms with van der Waals surface area (Å²) in [4.78, 5) is 14.5. The number of anilines is 2. The number of aryl methyl sites for hydroxylation is 2. The second kappa shape index (κ2) is 8.05. The van der Waals surface area contributed by atoms with E-state index in [2.05, 4.69) is 5.32 Å². The Morgan fingerprint density at radius 1 is 1.19 bits per heavy atom. The molecule has 0 aromatic heterocycles. The van der Waals surface area contributed by atoms with Crippen molar-refractivity contribution in [2.45, 2.75) is 26.7 Å². The van der Waals surface area contributed by atoms with Crippen LogP contribution in [0.3, 0.4) is 0 Å². The van der Waals surface area contributed by atoms with Crippen molar-refractivity contribution in [2.24, 2.45) is 0 Å². The fraction of sp³-hybridized carbons (Fsp3) is 0.273. The largest absolute Gasteiger partial charge is 0.369 e. The van der Waals surface area contributed by atoms with Crippen LogP contribution in [0.1, 0.15) is 29.5 Å². The molecule has 0 saturated carbocycles. The predicted molar refractivity (Wildman–Crippen MR) is 106 cm³/mol. The summed E-state index contributed by atoms with van der Waals surface area (Å²) in [6.45, 7) is 5.45. The Kier molecular flexibility index (Phi) is 5.56. The fourth-order valence-electron chi connectivity index (χ4n) is 3.24. The third-order valence-corrected chi connectivity index (χ3v) is 4.84. The Hall–Kier alpha value is -3.13. The zero-order valence-corrected chi connectivity index (χ0v) is 15.6. The molecule has 138 valence electrons. The molecule has 4 nitrogen and oxygen atoms in total. The van der Waals surface area contributed by atoms with Crippen LogP contribution in [0.5, 0.6) is 0 Å². The van der Waals surface area contributed by atoms with Gasteiger partial charge in [-0.2, -0.15) is 5.26 Å². The van der Waals surface area contributed by atoms with Crippen molar-refractivity contribution < 1.29 is 9.18 Å². The van der Waals surface area contributed by atoms with Crippen molar-refractivity contribution in [1.29, 1.82) is 5.26 Å². The predicted octanol–water partition coefficient (Wildman–Crippen LogP) is 4.59. The van der Waals surface area contributed by atoms with Crippen LogP contribution >= 0.6 is 0 Å². The van der Waals surface area contributed by atoms with Crippen LogP contribution in [0.4, 0.5) is 15.8 Å². The maximum atomic E-state index is 14.6. The number of nitriles is 1. The van der Waals surface area contributed by atoms with E-state index >= 15 is 0 Å². The lowest BCUT2D eigenvalue weighted by molar-refractivity contribution is -0.112. The first-order valence-corrected chi connectivity index (χ1v) is 9.03. The average Bonchev–Trinajstić information content (AvgIpc) is 3.18. The number of hydrogen-bond donors (Lipinski definition) is 1. The number of amides is 1. The van der Waals surface area contributed by atoms with E-state index in [-0.39, 0.29) is 11.4 Å². The molecule has 1 saturated heterocycles. The molecule has 1 N–H and O–H groups in total. The molecule has 0 radical (unpaired) electrons. The van der Waals surface area contributed by atoms with Crippen molar-refractivity contribution in [2.75, 3.05) is 23.3 Å². The van der Waals surface area contributed by atoms with Gasteiger partial charge in [0.2, 0.25) is 0 Å². The SMILES string of the molecule is Cc1cc(N2CCCC2)c(F)cc1/C=C(/C#N)C(=O)Nc1ccccc1C. The monoisotopic (exact) mass is 363 g/mol. The van der Waals surface area contributed by atoms with E-state index < -0.39 is 5.91 Å². The van der Waals surface area contributed by atoms with E-state index in [9.17, 15) is 14.4 Å². The summed E-state index contributed by atoms with van der Waals surface area (Å²) in [6, 6.07) is 12.5. The summed E-state index contributed by atoms with van der Waals surface area (Å²) in [5.41, 5.74) is 3.44. The summed E-state index contributed by atoms with van der Waals surface area (Å²) in [6.07, 6.45) is 3.58. The van der Waals surface area contributed by atoms with Crippen molar-refractivity contribution in [3.63, 3.8) is 0 Å². The molecule has 1 fully saturated rings. The van der Waals surface area contributed by atoms with E-state index in [1.54, 1.807) is 12.1 Å². The van der Waals surface area contributed by atoms with Gasteiger partial charge >= 0.3 is 0 Å². The second-order valence-corrected chi connectivity index (χ2v) is 6.79. The van der Waals surface area contributed by atoms with E-state index in [4.69, 9.17) is 0 Å². The lowest BCUT2D eigenvalue weighted by atomic mass is 10.0. The molecular weight excluding hydrogens is 341 g/mol. The Balaban J connectivity index is 1.87. The van der Waals surface area contributed by atoms with Crippen molar-refractivity contribution in [3.05, 3.63) is 64.5 Å². The van der Waals surface area contributed by atoms with E-state index in [1.807, 2.05) is 43.0 Å². The first-order chi connectivity index (χ1) is 13.0. The van der Waals surface area contributed by atoms with E-state index in [0.29, 0.717) is 16.9 Å². The lowest BCUT2D eigenvalue weighted by Crippen LogP contribution is -2.19. The zero-order chi connectivity index (χ0) is 19.4. The van der Waals surface area contributed by atoms with E-state index in [0.717, 1.165) is 37.1 Å². The molecule has 2 aromatic carbocycles. The van der Waals surface area contributed by atoms with Crippen molar-refractivity contribution in [3.8, 4) is 6.07 Å². The maximum Gasteiger partial charge on any atom is 0.266 e. The van der Waals surface area contributed by atoms with Crippen molar-refractivity contribution >= 4 is 23.4 Å². The third-order valence-electron chi connectivity index (χ3n) is 4.84. The number of hydrogen-bond acceptors (Lipinski definition) is 3. The molecular formula is C22H22FN3O.